The van der Waals surface area contributed by atoms with Crippen LogP contribution in [-0.2, 0) is 30.8 Å². The second-order valence-corrected chi connectivity index (χ2v) is 6.21. The summed E-state index contributed by atoms with van der Waals surface area (Å²) in [5.74, 6) is -2.87. The van der Waals surface area contributed by atoms with Crippen LogP contribution in [0, 0.1) is 5.82 Å². The Balaban J connectivity index is 3.07. The van der Waals surface area contributed by atoms with Gasteiger partial charge in [0.25, 0.3) is 0 Å². The first-order valence-electron chi connectivity index (χ1n) is 5.72. The Morgan fingerprint density at radius 3 is 2.48 bits per heavy atom. The lowest BCUT2D eigenvalue weighted by molar-refractivity contribution is -0.140. The van der Waals surface area contributed by atoms with Crippen LogP contribution in [0.5, 0.6) is 0 Å². The molecule has 0 aliphatic heterocycles. The maximum atomic E-state index is 13.8. The van der Waals surface area contributed by atoms with Crippen molar-refractivity contribution in [2.75, 3.05) is 20.7 Å². The molecule has 0 saturated carbocycles. The zero-order chi connectivity index (χ0) is 16.2. The first kappa shape index (κ1) is 17.1. The van der Waals surface area contributed by atoms with E-state index in [1.165, 1.54) is 0 Å². The number of carbonyl (C=O) groups is 2. The number of halogens is 1. The van der Waals surface area contributed by atoms with E-state index >= 15 is 0 Å². The van der Waals surface area contributed by atoms with Gasteiger partial charge >= 0.3 is 11.9 Å². The average Bonchev–Trinajstić information content (AvgIpc) is 2.39. The summed E-state index contributed by atoms with van der Waals surface area (Å²) in [6, 6.07) is 2.99. The highest BCUT2D eigenvalue weighted by Crippen LogP contribution is 2.18. The van der Waals surface area contributed by atoms with Crippen molar-refractivity contribution in [3.05, 3.63) is 29.6 Å². The molecule has 1 aromatic carbocycles. The van der Waals surface area contributed by atoms with Gasteiger partial charge < -0.3 is 9.84 Å². The van der Waals surface area contributed by atoms with Crippen molar-refractivity contribution in [3.63, 3.8) is 0 Å². The molecule has 1 aromatic rings. The molecule has 21 heavy (non-hydrogen) atoms. The van der Waals surface area contributed by atoms with Crippen molar-refractivity contribution in [3.8, 4) is 0 Å². The van der Waals surface area contributed by atoms with Crippen LogP contribution in [-0.4, -0.2) is 50.5 Å². The fraction of sp³-hybridized carbons (Fsp3) is 0.333. The standard InChI is InChI=1S/C12H14FNO6S/c1-14(7-11(15)16)21(18,19)9-4-3-8(10(13)6-9)5-12(17)20-2/h3-4,6H,5,7H2,1-2H3,(H,15,16). The molecule has 0 spiro atoms. The molecule has 0 heterocycles. The number of methoxy groups -OCH3 is 1. The number of aliphatic carboxylic acids is 1. The van der Waals surface area contributed by atoms with Crippen LogP contribution >= 0.6 is 0 Å². The molecule has 0 saturated heterocycles. The number of ether oxygens (including phenoxy) is 1. The van der Waals surface area contributed by atoms with E-state index in [-0.39, 0.29) is 12.0 Å². The number of carboxylic acid groups (broad SMARTS) is 1. The van der Waals surface area contributed by atoms with Crippen molar-refractivity contribution in [2.24, 2.45) is 0 Å². The van der Waals surface area contributed by atoms with Gasteiger partial charge in [-0.1, -0.05) is 6.07 Å². The van der Waals surface area contributed by atoms with Crippen LogP contribution in [0.15, 0.2) is 23.1 Å². The number of carbonyl (C=O) groups excluding carboxylic acids is 1. The van der Waals surface area contributed by atoms with Crippen LogP contribution in [0.25, 0.3) is 0 Å². The molecule has 7 nitrogen and oxygen atoms in total. The Labute approximate surface area is 121 Å². The quantitative estimate of drug-likeness (QED) is 0.754. The van der Waals surface area contributed by atoms with E-state index in [0.717, 1.165) is 32.4 Å². The maximum absolute atomic E-state index is 13.8. The number of likely N-dealkylation sites (N-methyl/N-ethyl adjacent to an activating group) is 1. The highest BCUT2D eigenvalue weighted by Gasteiger charge is 2.24. The number of hydrogen-bond donors (Lipinski definition) is 1. The molecule has 0 radical (unpaired) electrons. The number of carboxylic acids is 1. The molecular weight excluding hydrogens is 305 g/mol. The average molecular weight is 319 g/mol. The van der Waals surface area contributed by atoms with E-state index < -0.39 is 39.2 Å². The van der Waals surface area contributed by atoms with Gasteiger partial charge in [0.05, 0.1) is 18.4 Å². The molecule has 0 aromatic heterocycles. The van der Waals surface area contributed by atoms with Gasteiger partial charge in [-0.25, -0.2) is 12.8 Å². The molecule has 0 bridgehead atoms. The number of sulfonamides is 1. The van der Waals surface area contributed by atoms with Crippen LogP contribution < -0.4 is 0 Å². The molecule has 0 atom stereocenters. The van der Waals surface area contributed by atoms with E-state index in [2.05, 4.69) is 4.74 Å². The molecule has 1 N–H and O–H groups in total. The van der Waals surface area contributed by atoms with E-state index in [1.54, 1.807) is 0 Å². The Morgan fingerprint density at radius 1 is 1.38 bits per heavy atom. The minimum absolute atomic E-state index is 0.0123. The Bertz CT molecular complexity index is 658. The Morgan fingerprint density at radius 2 is 2.00 bits per heavy atom. The number of benzene rings is 1. The topological polar surface area (TPSA) is 101 Å². The normalized spacial score (nSPS) is 11.4. The number of esters is 1. The fourth-order valence-electron chi connectivity index (χ4n) is 1.51. The second-order valence-electron chi connectivity index (χ2n) is 4.16. The Kier molecular flexibility index (Phi) is 5.39. The third-order valence-electron chi connectivity index (χ3n) is 2.65. The summed E-state index contributed by atoms with van der Waals surface area (Å²) in [7, 11) is -1.89. The lowest BCUT2D eigenvalue weighted by Gasteiger charge is -2.15. The lowest BCUT2D eigenvalue weighted by atomic mass is 10.1. The van der Waals surface area contributed by atoms with Crippen LogP contribution in [0.3, 0.4) is 0 Å². The molecule has 0 aliphatic rings. The van der Waals surface area contributed by atoms with Gasteiger partial charge in [-0.3, -0.25) is 9.59 Å². The van der Waals surface area contributed by atoms with Crippen molar-refractivity contribution in [1.82, 2.24) is 4.31 Å². The minimum atomic E-state index is -4.11. The predicted octanol–water partition coefficient (Wildman–Crippen LogP) is 0.246. The molecule has 0 aliphatic carbocycles. The first-order chi connectivity index (χ1) is 9.68. The van der Waals surface area contributed by atoms with E-state index in [1.807, 2.05) is 0 Å². The maximum Gasteiger partial charge on any atom is 0.318 e. The molecule has 116 valence electrons. The van der Waals surface area contributed by atoms with Crippen molar-refractivity contribution in [2.45, 2.75) is 11.3 Å². The fourth-order valence-corrected chi connectivity index (χ4v) is 2.65. The summed E-state index contributed by atoms with van der Waals surface area (Å²) in [4.78, 5) is 21.2. The van der Waals surface area contributed by atoms with Gasteiger partial charge in [-0.15, -0.1) is 0 Å². The first-order valence-corrected chi connectivity index (χ1v) is 7.16. The SMILES string of the molecule is COC(=O)Cc1ccc(S(=O)(=O)N(C)CC(=O)O)cc1F. The largest absolute Gasteiger partial charge is 0.480 e. The lowest BCUT2D eigenvalue weighted by Crippen LogP contribution is -2.32. The zero-order valence-corrected chi connectivity index (χ0v) is 12.2. The summed E-state index contributed by atoms with van der Waals surface area (Å²) >= 11 is 0. The van der Waals surface area contributed by atoms with E-state index in [9.17, 15) is 22.4 Å². The van der Waals surface area contributed by atoms with E-state index in [4.69, 9.17) is 5.11 Å². The number of rotatable bonds is 6. The third kappa shape index (κ3) is 4.23. The molecule has 1 rings (SSSR count). The van der Waals surface area contributed by atoms with E-state index in [0.29, 0.717) is 4.31 Å². The molecule has 0 unspecified atom stereocenters. The second kappa shape index (κ2) is 6.64. The highest BCUT2D eigenvalue weighted by molar-refractivity contribution is 7.89. The van der Waals surface area contributed by atoms with Crippen molar-refractivity contribution in [1.29, 1.82) is 0 Å². The Hall–Kier alpha value is -2.00. The summed E-state index contributed by atoms with van der Waals surface area (Å²) < 4.78 is 42.8. The van der Waals surface area contributed by atoms with Gasteiger partial charge in [0.15, 0.2) is 0 Å². The summed E-state index contributed by atoms with van der Waals surface area (Å²) in [5.41, 5.74) is -0.0123. The van der Waals surface area contributed by atoms with Crippen LogP contribution in [0.2, 0.25) is 0 Å². The van der Waals surface area contributed by atoms with Gasteiger partial charge in [0.1, 0.15) is 12.4 Å². The zero-order valence-electron chi connectivity index (χ0n) is 11.4. The minimum Gasteiger partial charge on any atom is -0.480 e. The molecule has 9 heteroatoms. The van der Waals surface area contributed by atoms with Crippen LogP contribution in [0.4, 0.5) is 4.39 Å². The van der Waals surface area contributed by atoms with Gasteiger partial charge in [-0.2, -0.15) is 4.31 Å². The third-order valence-corrected chi connectivity index (χ3v) is 4.45. The smallest absolute Gasteiger partial charge is 0.318 e. The molecular formula is C12H14FNO6S. The van der Waals surface area contributed by atoms with Gasteiger partial charge in [-0.05, 0) is 17.7 Å². The summed E-state index contributed by atoms with van der Waals surface area (Å²) in [6.45, 7) is -0.742. The highest BCUT2D eigenvalue weighted by atomic mass is 32.2. The monoisotopic (exact) mass is 319 g/mol. The predicted molar refractivity (Wildman–Crippen MR) is 69.6 cm³/mol. The molecule has 0 amide bonds. The number of nitrogens with zero attached hydrogens (tertiary/aromatic N) is 1. The van der Waals surface area contributed by atoms with Crippen molar-refractivity contribution < 1.29 is 32.2 Å². The molecule has 0 fully saturated rings. The van der Waals surface area contributed by atoms with Crippen molar-refractivity contribution >= 4 is 22.0 Å². The van der Waals surface area contributed by atoms with Gasteiger partial charge in [0.2, 0.25) is 10.0 Å². The summed E-state index contributed by atoms with van der Waals surface area (Å²) in [6.07, 6.45) is -0.326. The summed E-state index contributed by atoms with van der Waals surface area (Å²) in [5, 5.41) is 8.59. The van der Waals surface area contributed by atoms with Gasteiger partial charge in [0, 0.05) is 7.05 Å². The van der Waals surface area contributed by atoms with Crippen LogP contribution in [0.1, 0.15) is 5.56 Å². The number of hydrogen-bond acceptors (Lipinski definition) is 5.